The minimum absolute atomic E-state index is 0.215. The lowest BCUT2D eigenvalue weighted by atomic mass is 10.1. The quantitative estimate of drug-likeness (QED) is 0.561. The highest BCUT2D eigenvalue weighted by molar-refractivity contribution is 5.75. The van der Waals surface area contributed by atoms with Crippen molar-refractivity contribution in [1.29, 1.82) is 0 Å². The summed E-state index contributed by atoms with van der Waals surface area (Å²) in [4.78, 5) is 11.1. The number of ether oxygens (including phenoxy) is 2. The van der Waals surface area contributed by atoms with Crippen LogP contribution in [0.2, 0.25) is 0 Å². The van der Waals surface area contributed by atoms with E-state index >= 15 is 0 Å². The monoisotopic (exact) mass is 292 g/mol. The Morgan fingerprint density at radius 1 is 1.00 bits per heavy atom. The maximum Gasteiger partial charge on any atom is 0.161 e. The third-order valence-corrected chi connectivity index (χ3v) is 3.28. The van der Waals surface area contributed by atoms with Gasteiger partial charge in [0, 0.05) is 6.42 Å². The number of ketones is 1. The zero-order valence-electron chi connectivity index (χ0n) is 13.6. The molecule has 21 heavy (non-hydrogen) atoms. The molecule has 0 amide bonds. The third kappa shape index (κ3) is 7.16. The molecular weight excluding hydrogens is 264 g/mol. The van der Waals surface area contributed by atoms with E-state index in [4.69, 9.17) is 9.47 Å². The second-order valence-electron chi connectivity index (χ2n) is 5.39. The first kappa shape index (κ1) is 17.5. The zero-order chi connectivity index (χ0) is 15.5. The van der Waals surface area contributed by atoms with E-state index in [0.29, 0.717) is 19.6 Å². The molecule has 0 aliphatic heterocycles. The van der Waals surface area contributed by atoms with Gasteiger partial charge in [0.05, 0.1) is 13.2 Å². The van der Waals surface area contributed by atoms with Crippen molar-refractivity contribution in [2.24, 2.45) is 0 Å². The van der Waals surface area contributed by atoms with E-state index in [9.17, 15) is 4.79 Å². The van der Waals surface area contributed by atoms with Gasteiger partial charge in [-0.25, -0.2) is 0 Å². The molecule has 0 aliphatic carbocycles. The molecule has 0 saturated carbocycles. The molecule has 0 heterocycles. The lowest BCUT2D eigenvalue weighted by Crippen LogP contribution is -2.03. The average Bonchev–Trinajstić information content (AvgIpc) is 2.47. The normalized spacial score (nSPS) is 10.4. The molecule has 0 fully saturated rings. The van der Waals surface area contributed by atoms with Crippen molar-refractivity contribution < 1.29 is 14.3 Å². The molecule has 0 unspecified atom stereocenters. The Kier molecular flexibility index (Phi) is 8.56. The average molecular weight is 292 g/mol. The SMILES string of the molecule is CCCCOc1ccc(CCC(C)=O)cc1OCCCC. The molecule has 0 atom stereocenters. The van der Waals surface area contributed by atoms with Crippen LogP contribution in [0.5, 0.6) is 11.5 Å². The van der Waals surface area contributed by atoms with Gasteiger partial charge in [-0.2, -0.15) is 0 Å². The van der Waals surface area contributed by atoms with Gasteiger partial charge in [-0.1, -0.05) is 32.8 Å². The minimum Gasteiger partial charge on any atom is -0.490 e. The van der Waals surface area contributed by atoms with Gasteiger partial charge in [0.1, 0.15) is 5.78 Å². The Morgan fingerprint density at radius 3 is 2.19 bits per heavy atom. The zero-order valence-corrected chi connectivity index (χ0v) is 13.6. The van der Waals surface area contributed by atoms with Crippen LogP contribution in [0.15, 0.2) is 18.2 Å². The highest BCUT2D eigenvalue weighted by Gasteiger charge is 2.07. The summed E-state index contributed by atoms with van der Waals surface area (Å²) in [7, 11) is 0. The second kappa shape index (κ2) is 10.3. The number of carbonyl (C=O) groups excluding carboxylic acids is 1. The summed E-state index contributed by atoms with van der Waals surface area (Å²) >= 11 is 0. The van der Waals surface area contributed by atoms with Crippen molar-refractivity contribution in [2.45, 2.75) is 59.3 Å². The number of hydrogen-bond donors (Lipinski definition) is 0. The van der Waals surface area contributed by atoms with Crippen molar-refractivity contribution in [2.75, 3.05) is 13.2 Å². The van der Waals surface area contributed by atoms with Crippen LogP contribution in [0.3, 0.4) is 0 Å². The fourth-order valence-corrected chi connectivity index (χ4v) is 1.91. The maximum absolute atomic E-state index is 11.1. The fourth-order valence-electron chi connectivity index (χ4n) is 1.91. The van der Waals surface area contributed by atoms with Gasteiger partial charge in [-0.15, -0.1) is 0 Å². The van der Waals surface area contributed by atoms with E-state index in [1.807, 2.05) is 18.2 Å². The first-order valence-corrected chi connectivity index (χ1v) is 8.05. The van der Waals surface area contributed by atoms with Crippen molar-refractivity contribution >= 4 is 5.78 Å². The molecule has 0 saturated heterocycles. The number of unbranched alkanes of at least 4 members (excludes halogenated alkanes) is 2. The standard InChI is InChI=1S/C18H28O3/c1-4-6-12-20-17-11-10-16(9-8-15(3)19)14-18(17)21-13-7-5-2/h10-11,14H,4-9,12-13H2,1-3H3. The molecule has 0 radical (unpaired) electrons. The van der Waals surface area contributed by atoms with Crippen molar-refractivity contribution in [3.8, 4) is 11.5 Å². The van der Waals surface area contributed by atoms with Crippen LogP contribution in [0, 0.1) is 0 Å². The van der Waals surface area contributed by atoms with E-state index in [1.165, 1.54) is 0 Å². The maximum atomic E-state index is 11.1. The van der Waals surface area contributed by atoms with Crippen LogP contribution in [0.25, 0.3) is 0 Å². The molecule has 0 aliphatic rings. The molecule has 1 aromatic rings. The molecule has 0 N–H and O–H groups in total. The number of hydrogen-bond acceptors (Lipinski definition) is 3. The van der Waals surface area contributed by atoms with E-state index in [-0.39, 0.29) is 5.78 Å². The van der Waals surface area contributed by atoms with Gasteiger partial charge in [0.15, 0.2) is 11.5 Å². The molecule has 0 aromatic heterocycles. The van der Waals surface area contributed by atoms with Gasteiger partial charge >= 0.3 is 0 Å². The number of benzene rings is 1. The van der Waals surface area contributed by atoms with E-state index in [1.54, 1.807) is 6.92 Å². The highest BCUT2D eigenvalue weighted by Crippen LogP contribution is 2.29. The molecule has 3 heteroatoms. The van der Waals surface area contributed by atoms with E-state index in [0.717, 1.165) is 49.2 Å². The van der Waals surface area contributed by atoms with Gasteiger partial charge in [0.2, 0.25) is 0 Å². The molecule has 0 spiro atoms. The van der Waals surface area contributed by atoms with Gasteiger partial charge in [-0.05, 0) is 43.9 Å². The summed E-state index contributed by atoms with van der Waals surface area (Å²) in [6.07, 6.45) is 5.63. The van der Waals surface area contributed by atoms with Gasteiger partial charge in [0.25, 0.3) is 0 Å². The second-order valence-corrected chi connectivity index (χ2v) is 5.39. The predicted octanol–water partition coefficient (Wildman–Crippen LogP) is 4.57. The van der Waals surface area contributed by atoms with Crippen LogP contribution in [-0.2, 0) is 11.2 Å². The third-order valence-electron chi connectivity index (χ3n) is 3.28. The minimum atomic E-state index is 0.215. The van der Waals surface area contributed by atoms with Crippen LogP contribution in [-0.4, -0.2) is 19.0 Å². The smallest absolute Gasteiger partial charge is 0.161 e. The number of rotatable bonds is 11. The Labute approximate surface area is 128 Å². The number of carbonyl (C=O) groups is 1. The van der Waals surface area contributed by atoms with E-state index in [2.05, 4.69) is 13.8 Å². The molecule has 3 nitrogen and oxygen atoms in total. The summed E-state index contributed by atoms with van der Waals surface area (Å²) < 4.78 is 11.6. The summed E-state index contributed by atoms with van der Waals surface area (Å²) in [5.41, 5.74) is 1.12. The highest BCUT2D eigenvalue weighted by atomic mass is 16.5. The molecule has 0 bridgehead atoms. The molecular formula is C18H28O3. The summed E-state index contributed by atoms with van der Waals surface area (Å²) in [6, 6.07) is 6.00. The molecule has 1 rings (SSSR count). The van der Waals surface area contributed by atoms with Gasteiger partial charge in [-0.3, -0.25) is 0 Å². The van der Waals surface area contributed by atoms with Crippen molar-refractivity contribution in [3.05, 3.63) is 23.8 Å². The Hall–Kier alpha value is -1.51. The Balaban J connectivity index is 2.72. The van der Waals surface area contributed by atoms with Crippen LogP contribution in [0.1, 0.15) is 58.4 Å². The van der Waals surface area contributed by atoms with Crippen molar-refractivity contribution in [1.82, 2.24) is 0 Å². The van der Waals surface area contributed by atoms with Crippen molar-refractivity contribution in [3.63, 3.8) is 0 Å². The first-order valence-electron chi connectivity index (χ1n) is 8.05. The lowest BCUT2D eigenvalue weighted by Gasteiger charge is -2.14. The topological polar surface area (TPSA) is 35.5 Å². The summed E-state index contributed by atoms with van der Waals surface area (Å²) in [6.45, 7) is 7.34. The fraction of sp³-hybridized carbons (Fsp3) is 0.611. The predicted molar refractivity (Wildman–Crippen MR) is 86.3 cm³/mol. The first-order chi connectivity index (χ1) is 10.2. The number of aryl methyl sites for hydroxylation is 1. The molecule has 1 aromatic carbocycles. The molecule has 118 valence electrons. The number of Topliss-reactive ketones (excluding diaryl/α,β-unsaturated/α-hetero) is 1. The summed E-state index contributed by atoms with van der Waals surface area (Å²) in [5.74, 6) is 1.83. The lowest BCUT2D eigenvalue weighted by molar-refractivity contribution is -0.116. The van der Waals surface area contributed by atoms with Crippen LogP contribution >= 0.6 is 0 Å². The van der Waals surface area contributed by atoms with Gasteiger partial charge < -0.3 is 14.3 Å². The Morgan fingerprint density at radius 2 is 1.62 bits per heavy atom. The largest absolute Gasteiger partial charge is 0.490 e. The van der Waals surface area contributed by atoms with Crippen LogP contribution in [0.4, 0.5) is 0 Å². The van der Waals surface area contributed by atoms with Crippen LogP contribution < -0.4 is 9.47 Å². The van der Waals surface area contributed by atoms with E-state index < -0.39 is 0 Å². The Bertz CT molecular complexity index is 426. The summed E-state index contributed by atoms with van der Waals surface area (Å²) in [5, 5.41) is 0.